The molecule has 0 aliphatic carbocycles. The Morgan fingerprint density at radius 1 is 0.781 bits per heavy atom. The average Bonchev–Trinajstić information content (AvgIpc) is 2.72. The van der Waals surface area contributed by atoms with Crippen molar-refractivity contribution in [3.8, 4) is 0 Å². The molecule has 0 fully saturated rings. The number of guanidine groups is 1. The third-order valence-corrected chi connectivity index (χ3v) is 5.59. The van der Waals surface area contributed by atoms with Gasteiger partial charge in [0, 0.05) is 13.0 Å². The summed E-state index contributed by atoms with van der Waals surface area (Å²) in [5.74, 6) is -1.22. The fourth-order valence-corrected chi connectivity index (χ4v) is 3.68. The third-order valence-electron chi connectivity index (χ3n) is 5.59. The van der Waals surface area contributed by atoms with Crippen molar-refractivity contribution in [3.63, 3.8) is 0 Å². The van der Waals surface area contributed by atoms with Crippen LogP contribution in [0, 0.1) is 0 Å². The minimum Gasteiger partial charge on any atom is -0.480 e. The first-order valence-electron chi connectivity index (χ1n) is 12.5. The van der Waals surface area contributed by atoms with Crippen LogP contribution in [-0.4, -0.2) is 35.5 Å². The summed E-state index contributed by atoms with van der Waals surface area (Å²) in [4.78, 5) is 27.1. The van der Waals surface area contributed by atoms with Crippen LogP contribution < -0.4 is 46.3 Å². The number of hydrogen-bond acceptors (Lipinski definition) is 3. The molecule has 0 aromatic carbocycles. The molecule has 1 atom stereocenters. The van der Waals surface area contributed by atoms with Crippen LogP contribution in [0.3, 0.4) is 0 Å². The topological polar surface area (TPSA) is 131 Å². The smallest absolute Gasteiger partial charge is 0.480 e. The largest absolute Gasteiger partial charge is 1.00 e. The number of carbonyl (C=O) groups excluding carboxylic acids is 1. The van der Waals surface area contributed by atoms with E-state index in [2.05, 4.69) is 17.2 Å². The zero-order valence-corrected chi connectivity index (χ0v) is 22.9. The number of aliphatic imine (C=N–C) groups is 1. The van der Waals surface area contributed by atoms with Crippen molar-refractivity contribution in [2.45, 2.75) is 129 Å². The van der Waals surface area contributed by atoms with E-state index in [0.29, 0.717) is 25.8 Å². The third kappa shape index (κ3) is 23.9. The van der Waals surface area contributed by atoms with Crippen molar-refractivity contribution in [3.05, 3.63) is 0 Å². The first kappa shape index (κ1) is 33.4. The van der Waals surface area contributed by atoms with Crippen molar-refractivity contribution < 1.29 is 44.3 Å². The number of nitrogens with two attached hydrogens (primary N) is 2. The van der Waals surface area contributed by atoms with Crippen LogP contribution in [0.5, 0.6) is 0 Å². The van der Waals surface area contributed by atoms with Gasteiger partial charge in [-0.3, -0.25) is 9.79 Å². The second kappa shape index (κ2) is 24.8. The summed E-state index contributed by atoms with van der Waals surface area (Å²) in [6.07, 6.45) is 20.4. The van der Waals surface area contributed by atoms with Gasteiger partial charge in [0.15, 0.2) is 5.96 Å². The summed E-state index contributed by atoms with van der Waals surface area (Å²) in [6, 6.07) is -0.877. The molecule has 0 aromatic heterocycles. The zero-order valence-electron chi connectivity index (χ0n) is 20.9. The van der Waals surface area contributed by atoms with Crippen molar-refractivity contribution in [1.82, 2.24) is 5.32 Å². The van der Waals surface area contributed by atoms with E-state index >= 15 is 0 Å². The minimum atomic E-state index is -1.02. The van der Waals surface area contributed by atoms with Crippen LogP contribution in [0.1, 0.15) is 122 Å². The molecule has 182 valence electrons. The summed E-state index contributed by atoms with van der Waals surface area (Å²) in [5.41, 5.74) is 10.5. The summed E-state index contributed by atoms with van der Waals surface area (Å²) >= 11 is 0. The van der Waals surface area contributed by atoms with E-state index in [0.717, 1.165) is 19.3 Å². The number of nitrogens with zero attached hydrogens (tertiary/aromatic N) is 1. The van der Waals surface area contributed by atoms with Gasteiger partial charge in [0.1, 0.15) is 6.04 Å². The fourth-order valence-electron chi connectivity index (χ4n) is 3.68. The van der Waals surface area contributed by atoms with E-state index in [4.69, 9.17) is 11.5 Å². The molecule has 0 radical (unpaired) electrons. The van der Waals surface area contributed by atoms with Crippen molar-refractivity contribution >= 4 is 17.8 Å². The van der Waals surface area contributed by atoms with E-state index in [1.807, 2.05) is 0 Å². The monoisotopic (exact) mass is 463 g/mol. The van der Waals surface area contributed by atoms with Crippen LogP contribution in [0.25, 0.3) is 0 Å². The Hall–Kier alpha value is -0.790. The second-order valence-corrected chi connectivity index (χ2v) is 8.61. The van der Waals surface area contributed by atoms with Gasteiger partial charge in [-0.2, -0.15) is 0 Å². The Morgan fingerprint density at radius 3 is 1.62 bits per heavy atom. The van der Waals surface area contributed by atoms with Crippen LogP contribution in [0.15, 0.2) is 4.99 Å². The molecular formula is C24H48N4NaO3+. The van der Waals surface area contributed by atoms with Crippen LogP contribution >= 0.6 is 0 Å². The van der Waals surface area contributed by atoms with E-state index in [-0.39, 0.29) is 41.4 Å². The van der Waals surface area contributed by atoms with Gasteiger partial charge in [-0.05, 0) is 19.3 Å². The molecule has 1 unspecified atom stereocenters. The molecule has 0 saturated heterocycles. The predicted molar refractivity (Wildman–Crippen MR) is 129 cm³/mol. The maximum atomic E-state index is 12.0. The fraction of sp³-hybridized carbons (Fsp3) is 0.875. The molecule has 0 aromatic rings. The van der Waals surface area contributed by atoms with Gasteiger partial charge < -0.3 is 21.9 Å². The molecule has 7 nitrogen and oxygen atoms in total. The number of unbranched alkanes of at least 4 members (excludes halogenated alkanes) is 14. The summed E-state index contributed by atoms with van der Waals surface area (Å²) in [5, 5.41) is 11.8. The van der Waals surface area contributed by atoms with Gasteiger partial charge in [-0.1, -0.05) is 96.8 Å². The molecular weight excluding hydrogens is 415 g/mol. The summed E-state index contributed by atoms with van der Waals surface area (Å²) in [7, 11) is 0. The molecule has 0 aliphatic heterocycles. The molecule has 8 heteroatoms. The molecule has 0 saturated carbocycles. The van der Waals surface area contributed by atoms with Crippen molar-refractivity contribution in [2.24, 2.45) is 16.5 Å². The minimum absolute atomic E-state index is 0. The zero-order chi connectivity index (χ0) is 23.2. The maximum absolute atomic E-state index is 12.0. The van der Waals surface area contributed by atoms with E-state index in [9.17, 15) is 14.7 Å². The summed E-state index contributed by atoms with van der Waals surface area (Å²) < 4.78 is 0. The summed E-state index contributed by atoms with van der Waals surface area (Å²) in [6.45, 7) is 2.62. The molecule has 0 aliphatic rings. The maximum Gasteiger partial charge on any atom is 1.00 e. The Bertz CT molecular complexity index is 486. The molecule has 0 heterocycles. The number of hydrogen-bond donors (Lipinski definition) is 4. The Balaban J connectivity index is 0. The van der Waals surface area contributed by atoms with E-state index in [1.54, 1.807) is 0 Å². The normalized spacial score (nSPS) is 11.4. The average molecular weight is 464 g/mol. The van der Waals surface area contributed by atoms with Gasteiger partial charge in [0.2, 0.25) is 5.91 Å². The van der Waals surface area contributed by atoms with Gasteiger partial charge >= 0.3 is 35.5 Å². The molecule has 0 rings (SSSR count). The molecule has 1 amide bonds. The first-order valence-corrected chi connectivity index (χ1v) is 12.5. The quantitative estimate of drug-likeness (QED) is 0.0843. The number of aliphatic carboxylic acids is 1. The number of carbonyl (C=O) groups is 2. The number of carboxylic acid groups (broad SMARTS) is 1. The Labute approximate surface area is 218 Å². The molecule has 0 spiro atoms. The number of amides is 1. The second-order valence-electron chi connectivity index (χ2n) is 8.61. The number of carboxylic acids is 1. The van der Waals surface area contributed by atoms with Crippen LogP contribution in [0.2, 0.25) is 0 Å². The van der Waals surface area contributed by atoms with Gasteiger partial charge in [0.05, 0.1) is 0 Å². The van der Waals surface area contributed by atoms with Crippen LogP contribution in [0.4, 0.5) is 0 Å². The number of nitrogens with one attached hydrogen (secondary N) is 1. The van der Waals surface area contributed by atoms with Crippen LogP contribution in [-0.2, 0) is 9.59 Å². The van der Waals surface area contributed by atoms with Gasteiger partial charge in [-0.15, -0.1) is 0 Å². The predicted octanol–water partition coefficient (Wildman–Crippen LogP) is 1.87. The van der Waals surface area contributed by atoms with Crippen molar-refractivity contribution in [1.29, 1.82) is 0 Å². The van der Waals surface area contributed by atoms with Crippen molar-refractivity contribution in [2.75, 3.05) is 6.54 Å². The Kier molecular flexibility index (Phi) is 25.9. The standard InChI is InChI=1S/C24H48N4O3.Na/c1-2-3-4-5-6-7-8-9-10-11-12-13-14-15-16-19-22(29)28-21(23(30)31)18-17-20-27-24(25)26;/h21H,2-20H2,1H3,(H,28,29)(H,30,31)(H4,25,26,27);/q;+1. The van der Waals surface area contributed by atoms with E-state index < -0.39 is 12.0 Å². The Morgan fingerprint density at radius 2 is 1.22 bits per heavy atom. The van der Waals surface area contributed by atoms with E-state index in [1.165, 1.54) is 77.0 Å². The van der Waals surface area contributed by atoms with Gasteiger partial charge in [-0.25, -0.2) is 4.79 Å². The first-order chi connectivity index (χ1) is 15.0. The SMILES string of the molecule is CCCCCCCCCCCCCCCCCC(=O)NC(CCCN=C(N)N)C(=O)O.[Na+]. The molecule has 6 N–H and O–H groups in total. The number of rotatable bonds is 22. The molecule has 0 bridgehead atoms. The van der Waals surface area contributed by atoms with Gasteiger partial charge in [0.25, 0.3) is 0 Å². The molecule has 32 heavy (non-hydrogen) atoms.